The van der Waals surface area contributed by atoms with Gasteiger partial charge in [-0.05, 0) is 55.2 Å². The lowest BCUT2D eigenvalue weighted by Crippen LogP contribution is -2.54. The highest BCUT2D eigenvalue weighted by Gasteiger charge is 2.29. The number of nitrogens with zero attached hydrogens (tertiary/aromatic N) is 8. The number of aromatic nitrogens is 7. The van der Waals surface area contributed by atoms with Gasteiger partial charge in [-0.25, -0.2) is 23.2 Å². The SMILES string of the molecule is C=CC(=O)N1CCN(c2nc(=O)[nH]c3nc(-c4c(F)cccc4CCn4nncc4-c4ccnc(C(C)C)c4)c(F)cc23)[C@@H](C)C1. The molecule has 11 nitrogen and oxygen atoms in total. The number of piperazine rings is 1. The summed E-state index contributed by atoms with van der Waals surface area (Å²) in [7, 11) is 0. The van der Waals surface area contributed by atoms with Gasteiger partial charge in [-0.1, -0.05) is 37.8 Å². The average molecular weight is 626 g/mol. The van der Waals surface area contributed by atoms with Crippen molar-refractivity contribution >= 4 is 22.8 Å². The Morgan fingerprint density at radius 3 is 2.74 bits per heavy atom. The molecule has 13 heteroatoms. The van der Waals surface area contributed by atoms with E-state index >= 15 is 8.78 Å². The topological polar surface area (TPSA) is 126 Å². The standard InChI is InChI=1S/C33H33F2N9O2/c1-5-28(45)42-13-14-43(20(4)18-42)32-23-16-25(35)30(38-31(23)39-33(46)40-32)29-21(7-6-8-24(29)34)10-12-44-27(17-37-41-44)22-9-11-36-26(15-22)19(2)3/h5-9,11,15-17,19-20H,1,10,12-14,18H2,2-4H3,(H,38,39,40,46)/t20-/m0/s1. The third-order valence-electron chi connectivity index (χ3n) is 8.25. The van der Waals surface area contributed by atoms with Gasteiger partial charge in [0, 0.05) is 55.2 Å². The molecule has 46 heavy (non-hydrogen) atoms. The number of H-pyrrole nitrogens is 1. The van der Waals surface area contributed by atoms with Crippen molar-refractivity contribution in [1.82, 2.24) is 39.8 Å². The van der Waals surface area contributed by atoms with Crippen LogP contribution < -0.4 is 10.6 Å². The highest BCUT2D eigenvalue weighted by Crippen LogP contribution is 2.33. The van der Waals surface area contributed by atoms with E-state index in [1.165, 1.54) is 18.2 Å². The number of amides is 1. The lowest BCUT2D eigenvalue weighted by Gasteiger charge is -2.40. The predicted octanol–water partition coefficient (Wildman–Crippen LogP) is 4.51. The van der Waals surface area contributed by atoms with Crippen molar-refractivity contribution in [3.63, 3.8) is 0 Å². The molecule has 0 bridgehead atoms. The van der Waals surface area contributed by atoms with Crippen molar-refractivity contribution in [2.24, 2.45) is 0 Å². The zero-order chi connectivity index (χ0) is 32.5. The van der Waals surface area contributed by atoms with Crippen molar-refractivity contribution in [3.8, 4) is 22.5 Å². The van der Waals surface area contributed by atoms with E-state index in [2.05, 4.69) is 50.7 Å². The van der Waals surface area contributed by atoms with Gasteiger partial charge >= 0.3 is 5.69 Å². The van der Waals surface area contributed by atoms with E-state index in [4.69, 9.17) is 0 Å². The predicted molar refractivity (Wildman–Crippen MR) is 170 cm³/mol. The van der Waals surface area contributed by atoms with Crippen LogP contribution in [0.2, 0.25) is 0 Å². The van der Waals surface area contributed by atoms with E-state index in [1.54, 1.807) is 34.1 Å². The number of aromatic amines is 1. The Morgan fingerprint density at radius 2 is 1.98 bits per heavy atom. The van der Waals surface area contributed by atoms with Gasteiger partial charge in [0.15, 0.2) is 0 Å². The molecule has 0 aliphatic carbocycles. The molecule has 1 aromatic carbocycles. The number of carbonyl (C=O) groups excluding carboxylic acids is 1. The van der Waals surface area contributed by atoms with Crippen LogP contribution in [0.25, 0.3) is 33.5 Å². The number of carbonyl (C=O) groups is 1. The molecule has 5 aromatic rings. The quantitative estimate of drug-likeness (QED) is 0.250. The molecule has 236 valence electrons. The van der Waals surface area contributed by atoms with Crippen LogP contribution in [0.1, 0.15) is 37.9 Å². The van der Waals surface area contributed by atoms with E-state index < -0.39 is 17.3 Å². The van der Waals surface area contributed by atoms with Crippen LogP contribution in [0.4, 0.5) is 14.6 Å². The first kappa shape index (κ1) is 30.7. The number of fused-ring (bicyclic) bond motifs is 1. The Labute approximate surface area is 263 Å². The smallest absolute Gasteiger partial charge is 0.348 e. The Kier molecular flexibility index (Phi) is 8.39. The molecule has 1 atom stereocenters. The first-order valence-electron chi connectivity index (χ1n) is 15.1. The Bertz CT molecular complexity index is 2010. The number of hydrogen-bond acceptors (Lipinski definition) is 8. The van der Waals surface area contributed by atoms with Gasteiger partial charge in [0.1, 0.15) is 28.8 Å². The lowest BCUT2D eigenvalue weighted by atomic mass is 9.99. The van der Waals surface area contributed by atoms with Crippen LogP contribution in [0.3, 0.4) is 0 Å². The summed E-state index contributed by atoms with van der Waals surface area (Å²) in [5.41, 5.74) is 2.31. The van der Waals surface area contributed by atoms with E-state index in [-0.39, 0.29) is 46.0 Å². The van der Waals surface area contributed by atoms with Crippen LogP contribution in [0, 0.1) is 11.6 Å². The largest absolute Gasteiger partial charge is 0.350 e. The fourth-order valence-electron chi connectivity index (χ4n) is 5.87. The Balaban J connectivity index is 1.33. The number of hydrogen-bond donors (Lipinski definition) is 1. The molecular weight excluding hydrogens is 592 g/mol. The molecule has 1 aliphatic rings. The first-order chi connectivity index (χ1) is 22.1. The Hall–Kier alpha value is -5.33. The van der Waals surface area contributed by atoms with Gasteiger partial charge in [-0.15, -0.1) is 5.10 Å². The average Bonchev–Trinajstić information content (AvgIpc) is 3.52. The zero-order valence-electron chi connectivity index (χ0n) is 25.7. The van der Waals surface area contributed by atoms with Crippen LogP contribution >= 0.6 is 0 Å². The second-order valence-electron chi connectivity index (χ2n) is 11.6. The minimum Gasteiger partial charge on any atom is -0.350 e. The fourth-order valence-corrected chi connectivity index (χ4v) is 5.87. The lowest BCUT2D eigenvalue weighted by molar-refractivity contribution is -0.126. The summed E-state index contributed by atoms with van der Waals surface area (Å²) in [6.07, 6.45) is 4.97. The Morgan fingerprint density at radius 1 is 1.15 bits per heavy atom. The van der Waals surface area contributed by atoms with E-state index in [0.717, 1.165) is 17.0 Å². The van der Waals surface area contributed by atoms with Gasteiger partial charge in [0.05, 0.1) is 17.3 Å². The van der Waals surface area contributed by atoms with Crippen molar-refractivity contribution in [1.29, 1.82) is 0 Å². The molecule has 1 saturated heterocycles. The number of anilines is 1. The molecule has 1 amide bonds. The molecule has 1 aliphatic heterocycles. The fraction of sp³-hybridized carbons (Fsp3) is 0.303. The maximum absolute atomic E-state index is 16.0. The minimum absolute atomic E-state index is 0.00120. The third-order valence-corrected chi connectivity index (χ3v) is 8.25. The second kappa shape index (κ2) is 12.6. The summed E-state index contributed by atoms with van der Waals surface area (Å²) in [6.45, 7) is 11.0. The molecule has 0 saturated carbocycles. The number of nitrogens with one attached hydrogen (secondary N) is 1. The summed E-state index contributed by atoms with van der Waals surface area (Å²) in [4.78, 5) is 43.9. The van der Waals surface area contributed by atoms with Gasteiger partial charge in [-0.2, -0.15) is 4.98 Å². The van der Waals surface area contributed by atoms with E-state index in [9.17, 15) is 9.59 Å². The third kappa shape index (κ3) is 5.87. The van der Waals surface area contributed by atoms with Crippen LogP contribution in [0.5, 0.6) is 0 Å². The summed E-state index contributed by atoms with van der Waals surface area (Å²) in [5, 5.41) is 8.60. The normalized spacial score (nSPS) is 15.1. The minimum atomic E-state index is -0.762. The molecule has 0 spiro atoms. The highest BCUT2D eigenvalue weighted by atomic mass is 19.1. The van der Waals surface area contributed by atoms with Crippen LogP contribution in [-0.2, 0) is 17.8 Å². The molecule has 0 radical (unpaired) electrons. The molecule has 5 heterocycles. The maximum atomic E-state index is 16.0. The summed E-state index contributed by atoms with van der Waals surface area (Å²) < 4.78 is 33.2. The number of benzene rings is 1. The van der Waals surface area contributed by atoms with Gasteiger partial charge in [-0.3, -0.25) is 14.8 Å². The first-order valence-corrected chi connectivity index (χ1v) is 15.1. The van der Waals surface area contributed by atoms with Gasteiger partial charge in [0.25, 0.3) is 0 Å². The summed E-state index contributed by atoms with van der Waals surface area (Å²) in [6, 6.07) is 9.42. The monoisotopic (exact) mass is 625 g/mol. The van der Waals surface area contributed by atoms with Crippen molar-refractivity contribution in [2.75, 3.05) is 24.5 Å². The van der Waals surface area contributed by atoms with Gasteiger partial charge in [0.2, 0.25) is 5.91 Å². The van der Waals surface area contributed by atoms with Crippen LogP contribution in [0.15, 0.2) is 66.2 Å². The van der Waals surface area contributed by atoms with E-state index in [0.29, 0.717) is 38.2 Å². The zero-order valence-corrected chi connectivity index (χ0v) is 25.7. The number of pyridine rings is 2. The molecule has 1 N–H and O–H groups in total. The molecule has 1 fully saturated rings. The van der Waals surface area contributed by atoms with Crippen molar-refractivity contribution in [3.05, 3.63) is 94.8 Å². The van der Waals surface area contributed by atoms with Gasteiger partial charge < -0.3 is 9.80 Å². The summed E-state index contributed by atoms with van der Waals surface area (Å²) >= 11 is 0. The summed E-state index contributed by atoms with van der Waals surface area (Å²) in [5.74, 6) is -1.11. The van der Waals surface area contributed by atoms with Crippen LogP contribution in [-0.4, -0.2) is 71.4 Å². The molecule has 6 rings (SSSR count). The number of halogens is 2. The van der Waals surface area contributed by atoms with Crippen molar-refractivity contribution in [2.45, 2.75) is 45.7 Å². The molecule has 4 aromatic heterocycles. The van der Waals surface area contributed by atoms with Crippen molar-refractivity contribution < 1.29 is 13.6 Å². The highest BCUT2D eigenvalue weighted by molar-refractivity contribution is 5.90. The molecule has 0 unspecified atom stereocenters. The van der Waals surface area contributed by atoms with E-state index in [1.807, 2.05) is 24.0 Å². The maximum Gasteiger partial charge on any atom is 0.348 e. The second-order valence-corrected chi connectivity index (χ2v) is 11.6. The molecular formula is C33H33F2N9O2. The number of aryl methyl sites for hydroxylation is 2. The number of rotatable bonds is 8.